The van der Waals surface area contributed by atoms with E-state index in [9.17, 15) is 4.79 Å². The largest absolute Gasteiger partial charge is 0.352 e. The van der Waals surface area contributed by atoms with Gasteiger partial charge in [0.15, 0.2) is 0 Å². The molecule has 1 fully saturated rings. The summed E-state index contributed by atoms with van der Waals surface area (Å²) < 4.78 is 0. The smallest absolute Gasteiger partial charge is 0.237 e. The number of nitrogens with zero attached hydrogens (tertiary/aromatic N) is 1. The molecule has 1 aliphatic rings. The summed E-state index contributed by atoms with van der Waals surface area (Å²) in [5, 5.41) is 6.30. The highest BCUT2D eigenvalue weighted by molar-refractivity contribution is 5.81. The Labute approximate surface area is 105 Å². The maximum atomic E-state index is 11.7. The van der Waals surface area contributed by atoms with Gasteiger partial charge in [-0.25, -0.2) is 0 Å². The lowest BCUT2D eigenvalue weighted by Gasteiger charge is -2.21. The van der Waals surface area contributed by atoms with E-state index in [0.717, 1.165) is 39.0 Å². The number of amides is 1. The Morgan fingerprint density at radius 2 is 2.06 bits per heavy atom. The van der Waals surface area contributed by atoms with Gasteiger partial charge in [-0.2, -0.15) is 0 Å². The van der Waals surface area contributed by atoms with Gasteiger partial charge >= 0.3 is 0 Å². The van der Waals surface area contributed by atoms with E-state index in [-0.39, 0.29) is 11.9 Å². The summed E-state index contributed by atoms with van der Waals surface area (Å²) >= 11 is 0. The van der Waals surface area contributed by atoms with Crippen molar-refractivity contribution < 1.29 is 4.79 Å². The Morgan fingerprint density at radius 1 is 1.35 bits per heavy atom. The van der Waals surface area contributed by atoms with Crippen molar-refractivity contribution in [2.75, 3.05) is 26.2 Å². The second-order valence-corrected chi connectivity index (χ2v) is 4.89. The molecule has 0 aliphatic heterocycles. The first-order chi connectivity index (χ1) is 8.17. The number of carbonyl (C=O) groups excluding carboxylic acids is 1. The lowest BCUT2D eigenvalue weighted by Crippen LogP contribution is -2.45. The summed E-state index contributed by atoms with van der Waals surface area (Å²) in [4.78, 5) is 14.1. The Kier molecular flexibility index (Phi) is 6.52. The average molecular weight is 241 g/mol. The van der Waals surface area contributed by atoms with Gasteiger partial charge < -0.3 is 15.5 Å². The lowest BCUT2D eigenvalue weighted by molar-refractivity contribution is -0.122. The van der Waals surface area contributed by atoms with Gasteiger partial charge in [0.05, 0.1) is 6.04 Å². The molecule has 0 bridgehead atoms. The van der Waals surface area contributed by atoms with Gasteiger partial charge in [-0.05, 0) is 39.3 Å². The third kappa shape index (κ3) is 6.03. The first kappa shape index (κ1) is 14.5. The SMILES string of the molecule is CCCN(CC)CCNC(C)C(=O)NC1CC1. The van der Waals surface area contributed by atoms with Crippen LogP contribution < -0.4 is 10.6 Å². The molecule has 1 saturated carbocycles. The van der Waals surface area contributed by atoms with Crippen molar-refractivity contribution in [3.05, 3.63) is 0 Å². The molecule has 2 N–H and O–H groups in total. The summed E-state index contributed by atoms with van der Waals surface area (Å²) in [5.74, 6) is 0.144. The van der Waals surface area contributed by atoms with E-state index < -0.39 is 0 Å². The van der Waals surface area contributed by atoms with Gasteiger partial charge in [-0.15, -0.1) is 0 Å². The highest BCUT2D eigenvalue weighted by atomic mass is 16.2. The minimum atomic E-state index is -0.0732. The van der Waals surface area contributed by atoms with Crippen molar-refractivity contribution in [2.45, 2.75) is 52.1 Å². The topological polar surface area (TPSA) is 44.4 Å². The molecular weight excluding hydrogens is 214 g/mol. The van der Waals surface area contributed by atoms with E-state index in [1.165, 1.54) is 6.42 Å². The van der Waals surface area contributed by atoms with Crippen LogP contribution in [0.5, 0.6) is 0 Å². The van der Waals surface area contributed by atoms with E-state index in [1.54, 1.807) is 0 Å². The van der Waals surface area contributed by atoms with Crippen molar-refractivity contribution in [2.24, 2.45) is 0 Å². The van der Waals surface area contributed by atoms with E-state index in [0.29, 0.717) is 6.04 Å². The summed E-state index contributed by atoms with van der Waals surface area (Å²) in [5.41, 5.74) is 0. The summed E-state index contributed by atoms with van der Waals surface area (Å²) in [6.45, 7) is 10.4. The molecular formula is C13H27N3O. The molecule has 0 radical (unpaired) electrons. The van der Waals surface area contributed by atoms with Crippen molar-refractivity contribution in [1.29, 1.82) is 0 Å². The maximum Gasteiger partial charge on any atom is 0.237 e. The second-order valence-electron chi connectivity index (χ2n) is 4.89. The van der Waals surface area contributed by atoms with Crippen LogP contribution in [0.2, 0.25) is 0 Å². The van der Waals surface area contributed by atoms with Crippen LogP contribution in [0.4, 0.5) is 0 Å². The average Bonchev–Trinajstić information content (AvgIpc) is 3.11. The van der Waals surface area contributed by atoms with Gasteiger partial charge in [0.2, 0.25) is 5.91 Å². The molecule has 1 rings (SSSR count). The van der Waals surface area contributed by atoms with E-state index in [4.69, 9.17) is 0 Å². The third-order valence-electron chi connectivity index (χ3n) is 3.18. The molecule has 0 saturated heterocycles. The predicted octanol–water partition coefficient (Wildman–Crippen LogP) is 0.975. The van der Waals surface area contributed by atoms with Crippen LogP contribution >= 0.6 is 0 Å². The molecule has 0 heterocycles. The number of rotatable bonds is 9. The highest BCUT2D eigenvalue weighted by Crippen LogP contribution is 2.18. The molecule has 1 aliphatic carbocycles. The van der Waals surface area contributed by atoms with Crippen LogP contribution in [-0.2, 0) is 4.79 Å². The molecule has 0 aromatic carbocycles. The van der Waals surface area contributed by atoms with Crippen molar-refractivity contribution in [1.82, 2.24) is 15.5 Å². The molecule has 0 aromatic heterocycles. The Morgan fingerprint density at radius 3 is 2.59 bits per heavy atom. The van der Waals surface area contributed by atoms with Crippen molar-refractivity contribution >= 4 is 5.91 Å². The van der Waals surface area contributed by atoms with Gasteiger partial charge in [0, 0.05) is 19.1 Å². The first-order valence-corrected chi connectivity index (χ1v) is 6.93. The van der Waals surface area contributed by atoms with Crippen LogP contribution in [0.1, 0.15) is 40.0 Å². The number of carbonyl (C=O) groups is 1. The van der Waals surface area contributed by atoms with Gasteiger partial charge in [-0.3, -0.25) is 4.79 Å². The second kappa shape index (κ2) is 7.67. The van der Waals surface area contributed by atoms with Crippen LogP contribution in [0.3, 0.4) is 0 Å². The quantitative estimate of drug-likeness (QED) is 0.632. The van der Waals surface area contributed by atoms with E-state index in [1.807, 2.05) is 6.92 Å². The van der Waals surface area contributed by atoms with Crippen molar-refractivity contribution in [3.63, 3.8) is 0 Å². The zero-order valence-electron chi connectivity index (χ0n) is 11.5. The fourth-order valence-electron chi connectivity index (χ4n) is 1.83. The van der Waals surface area contributed by atoms with Gasteiger partial charge in [0.1, 0.15) is 0 Å². The number of nitrogens with one attached hydrogen (secondary N) is 2. The Bertz CT molecular complexity index is 229. The molecule has 1 atom stereocenters. The van der Waals surface area contributed by atoms with Crippen LogP contribution in [0, 0.1) is 0 Å². The maximum absolute atomic E-state index is 11.7. The monoisotopic (exact) mass is 241 g/mol. The van der Waals surface area contributed by atoms with Crippen LogP contribution in [0.15, 0.2) is 0 Å². The summed E-state index contributed by atoms with van der Waals surface area (Å²) in [6, 6.07) is 0.384. The minimum absolute atomic E-state index is 0.0732. The Hall–Kier alpha value is -0.610. The minimum Gasteiger partial charge on any atom is -0.352 e. The van der Waals surface area contributed by atoms with Gasteiger partial charge in [0.25, 0.3) is 0 Å². The molecule has 0 spiro atoms. The third-order valence-corrected chi connectivity index (χ3v) is 3.18. The van der Waals surface area contributed by atoms with Crippen molar-refractivity contribution in [3.8, 4) is 0 Å². The predicted molar refractivity (Wildman–Crippen MR) is 71.0 cm³/mol. The van der Waals surface area contributed by atoms with Gasteiger partial charge in [-0.1, -0.05) is 13.8 Å². The summed E-state index contributed by atoms with van der Waals surface area (Å²) in [6.07, 6.45) is 3.49. The molecule has 100 valence electrons. The molecule has 4 heteroatoms. The molecule has 4 nitrogen and oxygen atoms in total. The summed E-state index contributed by atoms with van der Waals surface area (Å²) in [7, 11) is 0. The fourth-order valence-corrected chi connectivity index (χ4v) is 1.83. The lowest BCUT2D eigenvalue weighted by atomic mass is 10.3. The fraction of sp³-hybridized carbons (Fsp3) is 0.923. The number of hydrogen-bond acceptors (Lipinski definition) is 3. The molecule has 1 amide bonds. The zero-order valence-corrected chi connectivity index (χ0v) is 11.5. The zero-order chi connectivity index (χ0) is 12.7. The standard InChI is InChI=1S/C13H27N3O/c1-4-9-16(5-2)10-8-14-11(3)13(17)15-12-6-7-12/h11-12,14H,4-10H2,1-3H3,(H,15,17). The molecule has 17 heavy (non-hydrogen) atoms. The van der Waals surface area contributed by atoms with Crippen LogP contribution in [-0.4, -0.2) is 49.1 Å². The number of likely N-dealkylation sites (N-methyl/N-ethyl adjacent to an activating group) is 1. The molecule has 0 aromatic rings. The van der Waals surface area contributed by atoms with E-state index in [2.05, 4.69) is 29.4 Å². The first-order valence-electron chi connectivity index (χ1n) is 6.93. The van der Waals surface area contributed by atoms with Crippen LogP contribution in [0.25, 0.3) is 0 Å². The normalized spacial score (nSPS) is 17.2. The van der Waals surface area contributed by atoms with E-state index >= 15 is 0 Å². The number of hydrogen-bond donors (Lipinski definition) is 2. The highest BCUT2D eigenvalue weighted by Gasteiger charge is 2.25. The Balaban J connectivity index is 2.08. The molecule has 1 unspecified atom stereocenters.